The second kappa shape index (κ2) is 7.75. The summed E-state index contributed by atoms with van der Waals surface area (Å²) >= 11 is 9.49. The molecule has 2 bridgehead atoms. The van der Waals surface area contributed by atoms with E-state index >= 15 is 0 Å². The molecule has 0 spiro atoms. The number of likely N-dealkylation sites (tertiary alicyclic amines) is 1. The fraction of sp³-hybridized carbons (Fsp3) is 0.375. The van der Waals surface area contributed by atoms with Gasteiger partial charge in [-0.15, -0.1) is 0 Å². The Labute approximate surface area is 194 Å². The van der Waals surface area contributed by atoms with Crippen LogP contribution in [-0.4, -0.2) is 29.2 Å². The van der Waals surface area contributed by atoms with E-state index in [1.54, 1.807) is 6.07 Å². The number of halogens is 2. The van der Waals surface area contributed by atoms with Gasteiger partial charge in [0.1, 0.15) is 6.54 Å². The predicted molar refractivity (Wildman–Crippen MR) is 122 cm³/mol. The van der Waals surface area contributed by atoms with E-state index in [-0.39, 0.29) is 42.0 Å². The van der Waals surface area contributed by atoms with E-state index in [0.29, 0.717) is 16.6 Å². The number of anilines is 1. The largest absolute Gasteiger partial charge is 0.324 e. The number of imide groups is 1. The maximum absolute atomic E-state index is 13.2. The molecular weight excluding hydrogens is 480 g/mol. The number of benzene rings is 2. The summed E-state index contributed by atoms with van der Waals surface area (Å²) in [6, 6.07) is 13.7. The number of hydrogen-bond acceptors (Lipinski definition) is 3. The van der Waals surface area contributed by atoms with Crippen molar-refractivity contribution < 1.29 is 14.4 Å². The van der Waals surface area contributed by atoms with Crippen LogP contribution in [0.3, 0.4) is 0 Å². The lowest BCUT2D eigenvalue weighted by atomic mass is 9.73. The molecule has 160 valence electrons. The Morgan fingerprint density at radius 3 is 2.58 bits per heavy atom. The fourth-order valence-corrected chi connectivity index (χ4v) is 6.50. The molecule has 3 fully saturated rings. The van der Waals surface area contributed by atoms with E-state index in [4.69, 9.17) is 11.6 Å². The first-order valence-electron chi connectivity index (χ1n) is 10.5. The second-order valence-corrected chi connectivity index (χ2v) is 10.1. The van der Waals surface area contributed by atoms with E-state index in [1.807, 2.05) is 31.2 Å². The monoisotopic (exact) mass is 500 g/mol. The third kappa shape index (κ3) is 3.40. The van der Waals surface area contributed by atoms with Gasteiger partial charge in [0.05, 0.1) is 16.9 Å². The van der Waals surface area contributed by atoms with Gasteiger partial charge < -0.3 is 5.32 Å². The molecule has 0 aromatic heterocycles. The van der Waals surface area contributed by atoms with Crippen LogP contribution in [0.5, 0.6) is 0 Å². The predicted octanol–water partition coefficient (Wildman–Crippen LogP) is 4.77. The molecule has 0 unspecified atom stereocenters. The quantitative estimate of drug-likeness (QED) is 0.614. The van der Waals surface area contributed by atoms with E-state index in [2.05, 4.69) is 33.4 Å². The summed E-state index contributed by atoms with van der Waals surface area (Å²) in [6.07, 6.45) is 1.86. The topological polar surface area (TPSA) is 66.5 Å². The maximum atomic E-state index is 13.2. The summed E-state index contributed by atoms with van der Waals surface area (Å²) < 4.78 is 0.742. The molecule has 1 aliphatic heterocycles. The van der Waals surface area contributed by atoms with Crippen LogP contribution in [0.15, 0.2) is 46.9 Å². The lowest BCUT2D eigenvalue weighted by Gasteiger charge is -2.28. The first-order chi connectivity index (χ1) is 14.8. The molecule has 31 heavy (non-hydrogen) atoms. The molecule has 0 radical (unpaired) electrons. The summed E-state index contributed by atoms with van der Waals surface area (Å²) in [5.74, 6) is -0.631. The number of amides is 3. The van der Waals surface area contributed by atoms with Crippen molar-refractivity contribution in [3.8, 4) is 0 Å². The molecule has 1 N–H and O–H groups in total. The number of rotatable bonds is 4. The van der Waals surface area contributed by atoms with Crippen LogP contribution in [0.2, 0.25) is 5.02 Å². The van der Waals surface area contributed by atoms with Crippen LogP contribution in [0.25, 0.3) is 0 Å². The van der Waals surface area contributed by atoms with Crippen LogP contribution in [0, 0.1) is 30.6 Å². The summed E-state index contributed by atoms with van der Waals surface area (Å²) in [5.41, 5.74) is 2.65. The minimum atomic E-state index is -0.393. The average molecular weight is 502 g/mol. The van der Waals surface area contributed by atoms with Crippen LogP contribution in [0.4, 0.5) is 5.69 Å². The number of aryl methyl sites for hydroxylation is 1. The van der Waals surface area contributed by atoms with Crippen molar-refractivity contribution in [1.29, 1.82) is 0 Å². The molecule has 3 amide bonds. The van der Waals surface area contributed by atoms with E-state index in [0.717, 1.165) is 22.9 Å². The molecule has 2 aromatic carbocycles. The SMILES string of the molecule is Cc1cc(Br)c(Cl)cc1NC(=O)CN1C(=O)[C@H]2[C@@H]3C[C@@H]([C@@H]2C1=O)[C@@H](c1ccccc1)C3. The van der Waals surface area contributed by atoms with Gasteiger partial charge in [-0.05, 0) is 76.7 Å². The van der Waals surface area contributed by atoms with Crippen molar-refractivity contribution in [3.05, 3.63) is 63.1 Å². The third-order valence-electron chi connectivity index (χ3n) is 7.18. The molecular formula is C24H22BrClN2O3. The molecule has 5 nitrogen and oxygen atoms in total. The smallest absolute Gasteiger partial charge is 0.244 e. The Kier molecular flexibility index (Phi) is 5.18. The minimum Gasteiger partial charge on any atom is -0.324 e. The lowest BCUT2D eigenvalue weighted by molar-refractivity contribution is -0.143. The van der Waals surface area contributed by atoms with Gasteiger partial charge in [0, 0.05) is 10.2 Å². The number of nitrogens with one attached hydrogen (secondary N) is 1. The zero-order valence-electron chi connectivity index (χ0n) is 17.0. The van der Waals surface area contributed by atoms with E-state index in [1.165, 1.54) is 10.5 Å². The fourth-order valence-electron chi connectivity index (χ4n) is 5.87. The summed E-state index contributed by atoms with van der Waals surface area (Å²) in [6.45, 7) is 1.60. The molecule has 1 saturated heterocycles. The van der Waals surface area contributed by atoms with Crippen molar-refractivity contribution in [2.24, 2.45) is 23.7 Å². The molecule has 2 aliphatic carbocycles. The highest BCUT2D eigenvalue weighted by molar-refractivity contribution is 9.10. The van der Waals surface area contributed by atoms with Crippen molar-refractivity contribution in [2.75, 3.05) is 11.9 Å². The number of nitrogens with zero attached hydrogens (tertiary/aromatic N) is 1. The number of carbonyl (C=O) groups is 3. The number of carbonyl (C=O) groups excluding carboxylic acids is 3. The molecule has 2 aromatic rings. The van der Waals surface area contributed by atoms with Gasteiger partial charge >= 0.3 is 0 Å². The molecule has 3 aliphatic rings. The second-order valence-electron chi connectivity index (χ2n) is 8.86. The zero-order valence-corrected chi connectivity index (χ0v) is 19.3. The minimum absolute atomic E-state index is 0.175. The van der Waals surface area contributed by atoms with E-state index < -0.39 is 5.91 Å². The summed E-state index contributed by atoms with van der Waals surface area (Å²) in [4.78, 5) is 40.2. The molecule has 1 heterocycles. The lowest BCUT2D eigenvalue weighted by Crippen LogP contribution is -2.39. The van der Waals surface area contributed by atoms with Crippen molar-refractivity contribution in [2.45, 2.75) is 25.7 Å². The number of hydrogen-bond donors (Lipinski definition) is 1. The first kappa shape index (κ1) is 20.7. The summed E-state index contributed by atoms with van der Waals surface area (Å²) in [7, 11) is 0. The van der Waals surface area contributed by atoms with Crippen molar-refractivity contribution in [3.63, 3.8) is 0 Å². The van der Waals surface area contributed by atoms with Crippen molar-refractivity contribution >= 4 is 50.9 Å². The highest BCUT2D eigenvalue weighted by Gasteiger charge is 2.63. The highest BCUT2D eigenvalue weighted by atomic mass is 79.9. The van der Waals surface area contributed by atoms with Crippen LogP contribution >= 0.6 is 27.5 Å². The van der Waals surface area contributed by atoms with Gasteiger partial charge in [-0.1, -0.05) is 41.9 Å². The normalized spacial score (nSPS) is 28.9. The van der Waals surface area contributed by atoms with Crippen LogP contribution in [-0.2, 0) is 14.4 Å². The maximum Gasteiger partial charge on any atom is 0.244 e. The Bertz CT molecular complexity index is 1090. The van der Waals surface area contributed by atoms with Crippen LogP contribution in [0.1, 0.15) is 29.9 Å². The van der Waals surface area contributed by atoms with Crippen LogP contribution < -0.4 is 5.32 Å². The van der Waals surface area contributed by atoms with E-state index in [9.17, 15) is 14.4 Å². The molecule has 2 saturated carbocycles. The highest BCUT2D eigenvalue weighted by Crippen LogP contribution is 2.61. The Morgan fingerprint density at radius 1 is 1.13 bits per heavy atom. The Balaban J connectivity index is 1.32. The first-order valence-corrected chi connectivity index (χ1v) is 11.7. The summed E-state index contributed by atoms with van der Waals surface area (Å²) in [5, 5.41) is 3.27. The molecule has 5 atom stereocenters. The van der Waals surface area contributed by atoms with Gasteiger partial charge in [-0.3, -0.25) is 19.3 Å². The van der Waals surface area contributed by atoms with Gasteiger partial charge in [0.15, 0.2) is 0 Å². The van der Waals surface area contributed by atoms with Crippen molar-refractivity contribution in [1.82, 2.24) is 4.90 Å². The zero-order chi connectivity index (χ0) is 21.9. The number of fused-ring (bicyclic) bond motifs is 5. The third-order valence-corrected chi connectivity index (χ3v) is 8.37. The Hall–Kier alpha value is -2.18. The molecule has 7 heteroatoms. The van der Waals surface area contributed by atoms with Gasteiger partial charge in [-0.2, -0.15) is 0 Å². The standard InChI is InChI=1S/C24H22BrClN2O3/c1-12-7-17(25)18(26)10-19(12)27-20(29)11-28-23(30)21-14-8-15(13-5-3-2-4-6-13)16(9-14)22(21)24(28)31/h2-7,10,14-16,21-22H,8-9,11H2,1H3,(H,27,29)/t14-,15+,16+,21-,22-/m0/s1. The van der Waals surface area contributed by atoms with Gasteiger partial charge in [-0.25, -0.2) is 0 Å². The Morgan fingerprint density at radius 2 is 1.84 bits per heavy atom. The van der Waals surface area contributed by atoms with Gasteiger partial charge in [0.25, 0.3) is 0 Å². The molecule has 5 rings (SSSR count). The van der Waals surface area contributed by atoms with Gasteiger partial charge in [0.2, 0.25) is 17.7 Å². The average Bonchev–Trinajstić information content (AvgIpc) is 3.40.